The zero-order valence-electron chi connectivity index (χ0n) is 20.7. The summed E-state index contributed by atoms with van der Waals surface area (Å²) in [7, 11) is 1.65. The topological polar surface area (TPSA) is 50.6 Å². The molecule has 0 bridgehead atoms. The van der Waals surface area contributed by atoms with E-state index in [9.17, 15) is 9.18 Å². The van der Waals surface area contributed by atoms with Crippen LogP contribution in [0.15, 0.2) is 72.8 Å². The summed E-state index contributed by atoms with van der Waals surface area (Å²) in [6.07, 6.45) is 0. The van der Waals surface area contributed by atoms with Crippen molar-refractivity contribution in [1.82, 2.24) is 14.7 Å². The molecule has 4 aromatic rings. The van der Waals surface area contributed by atoms with Crippen molar-refractivity contribution in [1.29, 1.82) is 0 Å². The average molecular weight is 485 g/mol. The molecule has 1 amide bonds. The number of aromatic nitrogens is 2. The molecule has 0 radical (unpaired) electrons. The third kappa shape index (κ3) is 4.56. The Bertz CT molecular complexity index is 1390. The van der Waals surface area contributed by atoms with Crippen LogP contribution in [0, 0.1) is 19.7 Å². The Kier molecular flexibility index (Phi) is 6.46. The fraction of sp³-hybridized carbons (Fsp3) is 0.241. The van der Waals surface area contributed by atoms with Gasteiger partial charge in [-0.3, -0.25) is 4.79 Å². The lowest BCUT2D eigenvalue weighted by atomic mass is 10.1. The third-order valence-electron chi connectivity index (χ3n) is 6.68. The zero-order valence-corrected chi connectivity index (χ0v) is 20.7. The molecule has 0 N–H and O–H groups in total. The second-order valence-electron chi connectivity index (χ2n) is 9.07. The molecule has 6 nitrogen and oxygen atoms in total. The maximum Gasteiger partial charge on any atom is 0.272 e. The van der Waals surface area contributed by atoms with Crippen molar-refractivity contribution in [2.75, 3.05) is 38.2 Å². The molecular formula is C29H29FN4O2. The van der Waals surface area contributed by atoms with E-state index in [-0.39, 0.29) is 11.7 Å². The maximum absolute atomic E-state index is 14.6. The molecule has 2 heterocycles. The summed E-state index contributed by atoms with van der Waals surface area (Å²) >= 11 is 0. The summed E-state index contributed by atoms with van der Waals surface area (Å²) in [6.45, 7) is 6.59. The van der Waals surface area contributed by atoms with Crippen molar-refractivity contribution in [3.05, 3.63) is 95.4 Å². The fourth-order valence-electron chi connectivity index (χ4n) is 4.59. The molecule has 184 valence electrons. The number of rotatable bonds is 5. The number of methoxy groups -OCH3 is 1. The van der Waals surface area contributed by atoms with Crippen LogP contribution >= 0.6 is 0 Å². The smallest absolute Gasteiger partial charge is 0.272 e. The highest BCUT2D eigenvalue weighted by atomic mass is 19.1. The van der Waals surface area contributed by atoms with Crippen molar-refractivity contribution >= 4 is 11.6 Å². The molecule has 0 saturated carbocycles. The highest BCUT2D eigenvalue weighted by Gasteiger charge is 2.27. The number of halogens is 1. The van der Waals surface area contributed by atoms with Gasteiger partial charge in [-0.2, -0.15) is 5.10 Å². The lowest BCUT2D eigenvalue weighted by molar-refractivity contribution is 0.0737. The van der Waals surface area contributed by atoms with E-state index < -0.39 is 0 Å². The Hall–Kier alpha value is -4.13. The van der Waals surface area contributed by atoms with Crippen LogP contribution in [-0.2, 0) is 0 Å². The van der Waals surface area contributed by atoms with E-state index in [1.807, 2.05) is 61.2 Å². The lowest BCUT2D eigenvalue weighted by Gasteiger charge is -2.36. The van der Waals surface area contributed by atoms with Crippen molar-refractivity contribution in [3.63, 3.8) is 0 Å². The van der Waals surface area contributed by atoms with E-state index in [1.54, 1.807) is 36.1 Å². The van der Waals surface area contributed by atoms with E-state index in [0.29, 0.717) is 30.0 Å². The van der Waals surface area contributed by atoms with Gasteiger partial charge in [0.2, 0.25) is 0 Å². The normalized spacial score (nSPS) is 13.7. The SMILES string of the molecule is COc1ccc(N2CCN(C(=O)c3cc(-c4ccccc4F)nn3-c3cc(C)ccc3C)CC2)cc1. The number of carbonyl (C=O) groups is 1. The van der Waals surface area contributed by atoms with Gasteiger partial charge in [0.05, 0.1) is 18.5 Å². The number of carbonyl (C=O) groups excluding carboxylic acids is 1. The molecule has 1 aromatic heterocycles. The largest absolute Gasteiger partial charge is 0.497 e. The number of piperazine rings is 1. The number of anilines is 1. The molecule has 0 atom stereocenters. The summed E-state index contributed by atoms with van der Waals surface area (Å²) in [5.41, 5.74) is 5.21. The Morgan fingerprint density at radius 2 is 1.64 bits per heavy atom. The molecule has 3 aromatic carbocycles. The minimum atomic E-state index is -0.366. The molecule has 7 heteroatoms. The van der Waals surface area contributed by atoms with Gasteiger partial charge in [0.1, 0.15) is 17.3 Å². The molecule has 1 aliphatic heterocycles. The minimum Gasteiger partial charge on any atom is -0.497 e. The number of aryl methyl sites for hydroxylation is 2. The average Bonchev–Trinajstić information content (AvgIpc) is 3.35. The van der Waals surface area contributed by atoms with Gasteiger partial charge in [0.15, 0.2) is 0 Å². The van der Waals surface area contributed by atoms with E-state index in [1.165, 1.54) is 6.07 Å². The van der Waals surface area contributed by atoms with Gasteiger partial charge in [-0.05, 0) is 73.5 Å². The van der Waals surface area contributed by atoms with Gasteiger partial charge in [-0.1, -0.05) is 24.3 Å². The third-order valence-corrected chi connectivity index (χ3v) is 6.68. The van der Waals surface area contributed by atoms with Gasteiger partial charge < -0.3 is 14.5 Å². The monoisotopic (exact) mass is 484 g/mol. The van der Waals surface area contributed by atoms with Gasteiger partial charge >= 0.3 is 0 Å². The molecule has 36 heavy (non-hydrogen) atoms. The van der Waals surface area contributed by atoms with Crippen LogP contribution in [-0.4, -0.2) is 53.9 Å². The Morgan fingerprint density at radius 3 is 2.33 bits per heavy atom. The summed E-state index contributed by atoms with van der Waals surface area (Å²) in [5.74, 6) is 0.341. The summed E-state index contributed by atoms with van der Waals surface area (Å²) < 4.78 is 21.5. The van der Waals surface area contributed by atoms with Crippen LogP contribution in [0.1, 0.15) is 21.6 Å². The molecule has 1 aliphatic rings. The number of nitrogens with zero attached hydrogens (tertiary/aromatic N) is 4. The van der Waals surface area contributed by atoms with Crippen molar-refractivity contribution in [3.8, 4) is 22.7 Å². The first-order valence-electron chi connectivity index (χ1n) is 12.1. The molecule has 5 rings (SSSR count). The summed E-state index contributed by atoms with van der Waals surface area (Å²) in [4.78, 5) is 17.9. The second-order valence-corrected chi connectivity index (χ2v) is 9.07. The van der Waals surface area contributed by atoms with Crippen molar-refractivity contribution in [2.45, 2.75) is 13.8 Å². The van der Waals surface area contributed by atoms with E-state index in [2.05, 4.69) is 4.90 Å². The number of hydrogen-bond acceptors (Lipinski definition) is 4. The van der Waals surface area contributed by atoms with Crippen LogP contribution in [0.2, 0.25) is 0 Å². The van der Waals surface area contributed by atoms with Crippen molar-refractivity contribution in [2.24, 2.45) is 0 Å². The Balaban J connectivity index is 1.45. The summed E-state index contributed by atoms with van der Waals surface area (Å²) in [5, 5.41) is 4.72. The van der Waals surface area contributed by atoms with Gasteiger partial charge in [-0.15, -0.1) is 0 Å². The first kappa shape index (κ1) is 23.6. The van der Waals surface area contributed by atoms with E-state index in [4.69, 9.17) is 9.84 Å². The molecule has 1 saturated heterocycles. The van der Waals surface area contributed by atoms with Gasteiger partial charge in [0.25, 0.3) is 5.91 Å². The lowest BCUT2D eigenvalue weighted by Crippen LogP contribution is -2.49. The first-order valence-corrected chi connectivity index (χ1v) is 12.1. The van der Waals surface area contributed by atoms with Crippen LogP contribution < -0.4 is 9.64 Å². The standard InChI is InChI=1S/C29H29FN4O2/c1-20-8-9-21(2)27(18-20)34-28(19-26(31-34)24-6-4-5-7-25(24)30)29(35)33-16-14-32(15-17-33)22-10-12-23(36-3)13-11-22/h4-13,18-19H,14-17H2,1-3H3. The molecule has 0 spiro atoms. The van der Waals surface area contributed by atoms with E-state index >= 15 is 0 Å². The fourth-order valence-corrected chi connectivity index (χ4v) is 4.59. The predicted octanol–water partition coefficient (Wildman–Crippen LogP) is 5.27. The number of benzene rings is 3. The zero-order chi connectivity index (χ0) is 25.2. The van der Waals surface area contributed by atoms with Crippen LogP contribution in [0.5, 0.6) is 5.75 Å². The quantitative estimate of drug-likeness (QED) is 0.388. The molecule has 1 fully saturated rings. The van der Waals surface area contributed by atoms with Crippen LogP contribution in [0.25, 0.3) is 16.9 Å². The van der Waals surface area contributed by atoms with Gasteiger partial charge in [0, 0.05) is 37.4 Å². The van der Waals surface area contributed by atoms with Gasteiger partial charge in [-0.25, -0.2) is 9.07 Å². The van der Waals surface area contributed by atoms with Crippen molar-refractivity contribution < 1.29 is 13.9 Å². The summed E-state index contributed by atoms with van der Waals surface area (Å²) in [6, 6.07) is 22.2. The van der Waals surface area contributed by atoms with E-state index in [0.717, 1.165) is 41.3 Å². The number of hydrogen-bond donors (Lipinski definition) is 0. The second kappa shape index (κ2) is 9.85. The molecule has 0 aliphatic carbocycles. The Labute approximate surface area is 210 Å². The predicted molar refractivity (Wildman–Crippen MR) is 140 cm³/mol. The molecule has 0 unspecified atom stereocenters. The highest BCUT2D eigenvalue weighted by molar-refractivity contribution is 5.94. The first-order chi connectivity index (χ1) is 17.4. The maximum atomic E-state index is 14.6. The number of ether oxygens (including phenoxy) is 1. The minimum absolute atomic E-state index is 0.111. The Morgan fingerprint density at radius 1 is 0.917 bits per heavy atom. The van der Waals surface area contributed by atoms with Crippen LogP contribution in [0.4, 0.5) is 10.1 Å². The molecular weight excluding hydrogens is 455 g/mol. The highest BCUT2D eigenvalue weighted by Crippen LogP contribution is 2.27. The van der Waals surface area contributed by atoms with Crippen LogP contribution in [0.3, 0.4) is 0 Å². The number of amides is 1.